The predicted octanol–water partition coefficient (Wildman–Crippen LogP) is -0.166. The number of hydrogen-bond acceptors (Lipinski definition) is 6. The lowest BCUT2D eigenvalue weighted by Gasteiger charge is -2.45. The number of fused-ring (bicyclic) bond motifs is 2. The first-order chi connectivity index (χ1) is 11.3. The topological polar surface area (TPSA) is 136 Å². The van der Waals surface area contributed by atoms with Crippen LogP contribution >= 0.6 is 0 Å². The molecule has 3 atom stereocenters. The van der Waals surface area contributed by atoms with E-state index in [-0.39, 0.29) is 18.9 Å². The Balaban J connectivity index is 1.92. The highest BCUT2D eigenvalue weighted by atomic mass is 32.3. The predicted molar refractivity (Wildman–Crippen MR) is 80.2 cm³/mol. The molecule has 2 amide bonds. The standard InChI is InChI=1S/C13H21N3O7S/c17-11(18)13(9-2-1-6-14-7-4-9)5-3-10-8-15(13)12(19)16(10)23-24(20,21)22/h9-10,14H,1-8H2,(H,17,18)(H,20,21,22)/t9-,10+,13-/m0/s1. The highest BCUT2D eigenvalue weighted by molar-refractivity contribution is 7.80. The maximum atomic E-state index is 12.6. The summed E-state index contributed by atoms with van der Waals surface area (Å²) in [6.07, 6.45) is 2.64. The Morgan fingerprint density at radius 2 is 2.04 bits per heavy atom. The van der Waals surface area contributed by atoms with Crippen molar-refractivity contribution >= 4 is 22.4 Å². The Labute approximate surface area is 139 Å². The monoisotopic (exact) mass is 363 g/mol. The molecule has 136 valence electrons. The minimum absolute atomic E-state index is 0.0740. The van der Waals surface area contributed by atoms with Crippen molar-refractivity contribution in [2.45, 2.75) is 43.7 Å². The third kappa shape index (κ3) is 2.85. The van der Waals surface area contributed by atoms with Gasteiger partial charge < -0.3 is 15.3 Å². The molecule has 11 heteroatoms. The number of aliphatic carboxylic acids is 1. The minimum atomic E-state index is -4.85. The zero-order valence-corrected chi connectivity index (χ0v) is 13.9. The van der Waals surface area contributed by atoms with E-state index < -0.39 is 34.0 Å². The molecule has 3 aliphatic heterocycles. The van der Waals surface area contributed by atoms with Crippen LogP contribution in [0.3, 0.4) is 0 Å². The van der Waals surface area contributed by atoms with Crippen molar-refractivity contribution in [2.24, 2.45) is 5.92 Å². The van der Waals surface area contributed by atoms with Crippen LogP contribution in [0, 0.1) is 5.92 Å². The first kappa shape index (κ1) is 17.4. The fourth-order valence-electron chi connectivity index (χ4n) is 4.21. The van der Waals surface area contributed by atoms with Crippen molar-refractivity contribution in [1.29, 1.82) is 0 Å². The average molecular weight is 363 g/mol. The third-order valence-electron chi connectivity index (χ3n) is 5.28. The largest absolute Gasteiger partial charge is 0.479 e. The number of nitrogens with one attached hydrogen (secondary N) is 1. The Kier molecular flexibility index (Phi) is 4.45. The summed E-state index contributed by atoms with van der Waals surface area (Å²) in [5.74, 6) is -1.30. The molecule has 0 unspecified atom stereocenters. The lowest BCUT2D eigenvalue weighted by Crippen LogP contribution is -2.62. The molecule has 0 radical (unpaired) electrons. The molecule has 3 heterocycles. The number of amides is 2. The molecule has 3 N–H and O–H groups in total. The van der Waals surface area contributed by atoms with Crippen LogP contribution in [0.1, 0.15) is 32.1 Å². The highest BCUT2D eigenvalue weighted by Gasteiger charge is 2.61. The molecule has 3 aliphatic rings. The van der Waals surface area contributed by atoms with Crippen molar-refractivity contribution in [2.75, 3.05) is 19.6 Å². The second-order valence-corrected chi connectivity index (χ2v) is 7.53. The number of hydroxylamine groups is 2. The summed E-state index contributed by atoms with van der Waals surface area (Å²) in [6, 6.07) is -1.41. The van der Waals surface area contributed by atoms with Gasteiger partial charge in [-0.2, -0.15) is 13.5 Å². The lowest BCUT2D eigenvalue weighted by atomic mass is 9.72. The van der Waals surface area contributed by atoms with Crippen LogP contribution < -0.4 is 5.32 Å². The molecular weight excluding hydrogens is 342 g/mol. The van der Waals surface area contributed by atoms with Crippen LogP contribution in [0.25, 0.3) is 0 Å². The van der Waals surface area contributed by atoms with Crippen molar-refractivity contribution in [1.82, 2.24) is 15.3 Å². The maximum Gasteiger partial charge on any atom is 0.418 e. The molecule has 0 aromatic carbocycles. The van der Waals surface area contributed by atoms with Gasteiger partial charge in [0.15, 0.2) is 0 Å². The van der Waals surface area contributed by atoms with Gasteiger partial charge in [-0.3, -0.25) is 4.55 Å². The van der Waals surface area contributed by atoms with Gasteiger partial charge in [0.1, 0.15) is 5.54 Å². The fraction of sp³-hybridized carbons (Fsp3) is 0.846. The number of carboxylic acids is 1. The van der Waals surface area contributed by atoms with Crippen LogP contribution in [0.2, 0.25) is 0 Å². The second-order valence-electron chi connectivity index (χ2n) is 6.52. The first-order valence-corrected chi connectivity index (χ1v) is 9.34. The van der Waals surface area contributed by atoms with Gasteiger partial charge in [-0.1, -0.05) is 0 Å². The summed E-state index contributed by atoms with van der Waals surface area (Å²) >= 11 is 0. The molecule has 2 bridgehead atoms. The molecule has 0 aliphatic carbocycles. The van der Waals surface area contributed by atoms with Crippen molar-refractivity contribution in [3.63, 3.8) is 0 Å². The molecule has 0 spiro atoms. The van der Waals surface area contributed by atoms with Crippen LogP contribution in [0.4, 0.5) is 4.79 Å². The van der Waals surface area contributed by atoms with E-state index in [9.17, 15) is 23.1 Å². The van der Waals surface area contributed by atoms with E-state index in [4.69, 9.17) is 4.55 Å². The average Bonchev–Trinajstić information content (AvgIpc) is 2.72. The number of rotatable bonds is 4. The number of piperidine rings is 1. The Morgan fingerprint density at radius 3 is 2.71 bits per heavy atom. The Morgan fingerprint density at radius 1 is 1.29 bits per heavy atom. The minimum Gasteiger partial charge on any atom is -0.479 e. The summed E-state index contributed by atoms with van der Waals surface area (Å²) in [4.78, 5) is 26.0. The normalized spacial score (nSPS) is 34.3. The van der Waals surface area contributed by atoms with E-state index in [1.807, 2.05) is 0 Å². The van der Waals surface area contributed by atoms with Crippen LogP contribution in [-0.2, 0) is 19.5 Å². The van der Waals surface area contributed by atoms with Gasteiger partial charge in [0, 0.05) is 6.54 Å². The van der Waals surface area contributed by atoms with E-state index in [1.165, 1.54) is 4.90 Å². The zero-order valence-electron chi connectivity index (χ0n) is 13.0. The van der Waals surface area contributed by atoms with Gasteiger partial charge in [0.05, 0.1) is 6.04 Å². The molecule has 24 heavy (non-hydrogen) atoms. The van der Waals surface area contributed by atoms with Gasteiger partial charge in [0.2, 0.25) is 0 Å². The highest BCUT2D eigenvalue weighted by Crippen LogP contribution is 2.44. The molecule has 3 saturated heterocycles. The molecule has 3 fully saturated rings. The van der Waals surface area contributed by atoms with E-state index in [1.54, 1.807) is 0 Å². The van der Waals surface area contributed by atoms with Gasteiger partial charge in [-0.15, -0.1) is 4.28 Å². The van der Waals surface area contributed by atoms with E-state index in [2.05, 4.69) is 9.60 Å². The second kappa shape index (κ2) is 6.14. The summed E-state index contributed by atoms with van der Waals surface area (Å²) in [6.45, 7) is 1.56. The quantitative estimate of drug-likeness (QED) is 0.586. The molecule has 0 aromatic rings. The molecule has 0 aromatic heterocycles. The number of carboxylic acid groups (broad SMARTS) is 1. The van der Waals surface area contributed by atoms with Gasteiger partial charge in [0.25, 0.3) is 0 Å². The molecule has 3 rings (SSSR count). The number of urea groups is 1. The lowest BCUT2D eigenvalue weighted by molar-refractivity contribution is -0.155. The van der Waals surface area contributed by atoms with Crippen LogP contribution in [0.5, 0.6) is 0 Å². The van der Waals surface area contributed by atoms with E-state index in [0.29, 0.717) is 30.9 Å². The van der Waals surface area contributed by atoms with Gasteiger partial charge in [-0.05, 0) is 51.1 Å². The van der Waals surface area contributed by atoms with E-state index >= 15 is 0 Å². The number of carbonyl (C=O) groups is 2. The number of carbonyl (C=O) groups excluding carboxylic acids is 1. The van der Waals surface area contributed by atoms with Gasteiger partial charge in [-0.25, -0.2) is 9.59 Å². The zero-order chi connectivity index (χ0) is 17.5. The Bertz CT molecular complexity index is 631. The smallest absolute Gasteiger partial charge is 0.418 e. The fourth-order valence-corrected chi connectivity index (χ4v) is 4.60. The summed E-state index contributed by atoms with van der Waals surface area (Å²) in [7, 11) is -4.85. The first-order valence-electron chi connectivity index (χ1n) is 7.97. The van der Waals surface area contributed by atoms with Crippen molar-refractivity contribution < 1.29 is 31.9 Å². The van der Waals surface area contributed by atoms with Crippen molar-refractivity contribution in [3.8, 4) is 0 Å². The molecular formula is C13H21N3O7S. The van der Waals surface area contributed by atoms with E-state index in [0.717, 1.165) is 13.0 Å². The SMILES string of the molecule is O=C1N(OS(=O)(=O)O)[C@@H]2CC[C@@](C(=O)O)([C@H]3CCCNCC3)N1C2. The maximum absolute atomic E-state index is 12.6. The summed E-state index contributed by atoms with van der Waals surface area (Å²) < 4.78 is 35.1. The molecule has 10 nitrogen and oxygen atoms in total. The summed E-state index contributed by atoms with van der Waals surface area (Å²) in [5.41, 5.74) is -1.36. The van der Waals surface area contributed by atoms with Crippen LogP contribution in [0.15, 0.2) is 0 Å². The number of hydrogen-bond donors (Lipinski definition) is 3. The third-order valence-corrected chi connectivity index (χ3v) is 5.63. The summed E-state index contributed by atoms with van der Waals surface area (Å²) in [5, 5.41) is 13.8. The Hall–Kier alpha value is -1.43. The molecule has 0 saturated carbocycles. The van der Waals surface area contributed by atoms with Gasteiger partial charge >= 0.3 is 22.4 Å². The number of nitrogens with zero attached hydrogens (tertiary/aromatic N) is 2. The van der Waals surface area contributed by atoms with Crippen LogP contribution in [-0.4, -0.2) is 71.3 Å². The van der Waals surface area contributed by atoms with Crippen molar-refractivity contribution in [3.05, 3.63) is 0 Å².